The van der Waals surface area contributed by atoms with E-state index < -0.39 is 0 Å². The van der Waals surface area contributed by atoms with Crippen LogP contribution in [-0.2, 0) is 4.79 Å². The first-order valence-corrected chi connectivity index (χ1v) is 12.7. The SMILES string of the molecule is CN=C(NCCC(C)c1ccc(OC)cc1)NC1CCC(C(=O)N2CCSCC2)CC1. The predicted molar refractivity (Wildman–Crippen MR) is 130 cm³/mol. The Bertz CT molecular complexity index is 711. The van der Waals surface area contributed by atoms with Gasteiger partial charge in [0, 0.05) is 50.1 Å². The van der Waals surface area contributed by atoms with E-state index in [-0.39, 0.29) is 5.92 Å². The quantitative estimate of drug-likeness (QED) is 0.496. The van der Waals surface area contributed by atoms with E-state index in [4.69, 9.17) is 4.74 Å². The number of benzene rings is 1. The maximum Gasteiger partial charge on any atom is 0.225 e. The molecular formula is C24H38N4O2S. The summed E-state index contributed by atoms with van der Waals surface area (Å²) in [6.45, 7) is 4.97. The Hall–Kier alpha value is -1.89. The van der Waals surface area contributed by atoms with Crippen molar-refractivity contribution in [2.24, 2.45) is 10.9 Å². The molecule has 1 heterocycles. The molecule has 0 aromatic heterocycles. The van der Waals surface area contributed by atoms with E-state index in [1.54, 1.807) is 7.11 Å². The monoisotopic (exact) mass is 446 g/mol. The van der Waals surface area contributed by atoms with Gasteiger partial charge in [-0.05, 0) is 55.7 Å². The number of nitrogens with zero attached hydrogens (tertiary/aromatic N) is 2. The van der Waals surface area contributed by atoms with Crippen LogP contribution in [0.3, 0.4) is 0 Å². The maximum atomic E-state index is 12.7. The molecule has 172 valence electrons. The van der Waals surface area contributed by atoms with E-state index in [1.807, 2.05) is 30.9 Å². The molecule has 1 aliphatic carbocycles. The number of rotatable bonds is 7. The second-order valence-electron chi connectivity index (χ2n) is 8.59. The molecule has 2 fully saturated rings. The number of amides is 1. The Balaban J connectivity index is 1.36. The second-order valence-corrected chi connectivity index (χ2v) is 9.82. The van der Waals surface area contributed by atoms with Gasteiger partial charge in [0.2, 0.25) is 5.91 Å². The summed E-state index contributed by atoms with van der Waals surface area (Å²) in [6, 6.07) is 8.71. The molecule has 2 aliphatic rings. The van der Waals surface area contributed by atoms with Crippen LogP contribution in [0, 0.1) is 5.92 Å². The molecular weight excluding hydrogens is 408 g/mol. The zero-order valence-corrected chi connectivity index (χ0v) is 20.0. The summed E-state index contributed by atoms with van der Waals surface area (Å²) < 4.78 is 5.24. The molecule has 1 saturated heterocycles. The molecule has 1 unspecified atom stereocenters. The smallest absolute Gasteiger partial charge is 0.225 e. The molecule has 7 heteroatoms. The Labute approximate surface area is 191 Å². The minimum atomic E-state index is 0.210. The van der Waals surface area contributed by atoms with Crippen LogP contribution in [0.25, 0.3) is 0 Å². The molecule has 0 bridgehead atoms. The number of thioether (sulfide) groups is 1. The largest absolute Gasteiger partial charge is 0.497 e. The highest BCUT2D eigenvalue weighted by molar-refractivity contribution is 7.99. The van der Waals surface area contributed by atoms with Gasteiger partial charge in [0.25, 0.3) is 0 Å². The van der Waals surface area contributed by atoms with Crippen LogP contribution in [0.1, 0.15) is 50.5 Å². The Morgan fingerprint density at radius 2 is 1.87 bits per heavy atom. The van der Waals surface area contributed by atoms with Crippen LogP contribution < -0.4 is 15.4 Å². The molecule has 6 nitrogen and oxygen atoms in total. The molecule has 0 radical (unpaired) electrons. The lowest BCUT2D eigenvalue weighted by atomic mass is 9.85. The highest BCUT2D eigenvalue weighted by Crippen LogP contribution is 2.27. The number of carbonyl (C=O) groups excluding carboxylic acids is 1. The first-order chi connectivity index (χ1) is 15.1. The van der Waals surface area contributed by atoms with Crippen molar-refractivity contribution >= 4 is 23.6 Å². The molecule has 0 spiro atoms. The number of carbonyl (C=O) groups is 1. The van der Waals surface area contributed by atoms with E-state index in [0.29, 0.717) is 17.9 Å². The van der Waals surface area contributed by atoms with Crippen molar-refractivity contribution in [1.82, 2.24) is 15.5 Å². The van der Waals surface area contributed by atoms with Gasteiger partial charge in [-0.2, -0.15) is 11.8 Å². The zero-order chi connectivity index (χ0) is 22.1. The van der Waals surface area contributed by atoms with Gasteiger partial charge in [-0.25, -0.2) is 0 Å². The molecule has 1 aliphatic heterocycles. The standard InChI is InChI=1S/C24H38N4O2S/c1-18(19-6-10-22(30-3)11-7-19)12-13-26-24(25-2)27-21-8-4-20(5-9-21)23(29)28-14-16-31-17-15-28/h6-7,10-11,18,20-21H,4-5,8-9,12-17H2,1-3H3,(H2,25,26,27). The van der Waals surface area contributed by atoms with Gasteiger partial charge < -0.3 is 20.3 Å². The average Bonchev–Trinajstić information content (AvgIpc) is 2.84. The lowest BCUT2D eigenvalue weighted by molar-refractivity contribution is -0.136. The summed E-state index contributed by atoms with van der Waals surface area (Å²) >= 11 is 1.95. The summed E-state index contributed by atoms with van der Waals surface area (Å²) in [5.41, 5.74) is 1.32. The first-order valence-electron chi connectivity index (χ1n) is 11.6. The van der Waals surface area contributed by atoms with Crippen molar-refractivity contribution in [1.29, 1.82) is 0 Å². The third-order valence-corrected chi connectivity index (χ3v) is 7.46. The van der Waals surface area contributed by atoms with Crippen molar-refractivity contribution in [3.05, 3.63) is 29.8 Å². The van der Waals surface area contributed by atoms with Crippen LogP contribution >= 0.6 is 11.8 Å². The topological polar surface area (TPSA) is 66.0 Å². The maximum absolute atomic E-state index is 12.7. The minimum Gasteiger partial charge on any atom is -0.497 e. The predicted octanol–water partition coefficient (Wildman–Crippen LogP) is 3.49. The second kappa shape index (κ2) is 12.2. The van der Waals surface area contributed by atoms with E-state index in [9.17, 15) is 4.79 Å². The molecule has 1 amide bonds. The summed E-state index contributed by atoms with van der Waals surface area (Å²) in [5, 5.41) is 7.03. The Kier molecular flexibility index (Phi) is 9.37. The molecule has 1 saturated carbocycles. The lowest BCUT2D eigenvalue weighted by Crippen LogP contribution is -2.47. The Morgan fingerprint density at radius 1 is 1.19 bits per heavy atom. The van der Waals surface area contributed by atoms with Crippen LogP contribution in [0.2, 0.25) is 0 Å². The van der Waals surface area contributed by atoms with Crippen LogP contribution in [0.4, 0.5) is 0 Å². The van der Waals surface area contributed by atoms with Crippen molar-refractivity contribution < 1.29 is 9.53 Å². The average molecular weight is 447 g/mol. The molecule has 1 aromatic rings. The van der Waals surface area contributed by atoms with Gasteiger partial charge in [0.1, 0.15) is 5.75 Å². The Morgan fingerprint density at radius 3 is 2.48 bits per heavy atom. The van der Waals surface area contributed by atoms with Gasteiger partial charge in [-0.3, -0.25) is 9.79 Å². The number of guanidine groups is 1. The van der Waals surface area contributed by atoms with Crippen LogP contribution in [0.15, 0.2) is 29.3 Å². The highest BCUT2D eigenvalue weighted by atomic mass is 32.2. The number of ether oxygens (including phenoxy) is 1. The van der Waals surface area contributed by atoms with Crippen molar-refractivity contribution in [2.75, 3.05) is 45.3 Å². The number of hydrogen-bond acceptors (Lipinski definition) is 4. The van der Waals surface area contributed by atoms with Crippen molar-refractivity contribution in [3.63, 3.8) is 0 Å². The number of nitrogens with one attached hydrogen (secondary N) is 2. The van der Waals surface area contributed by atoms with E-state index in [1.165, 1.54) is 5.56 Å². The zero-order valence-electron chi connectivity index (χ0n) is 19.2. The summed E-state index contributed by atoms with van der Waals surface area (Å²) in [5.74, 6) is 4.99. The fourth-order valence-electron chi connectivity index (χ4n) is 4.42. The third-order valence-electron chi connectivity index (χ3n) is 6.52. The van der Waals surface area contributed by atoms with Gasteiger partial charge in [-0.1, -0.05) is 19.1 Å². The van der Waals surface area contributed by atoms with Gasteiger partial charge in [0.15, 0.2) is 5.96 Å². The number of hydrogen-bond donors (Lipinski definition) is 2. The highest BCUT2D eigenvalue weighted by Gasteiger charge is 2.30. The summed E-state index contributed by atoms with van der Waals surface area (Å²) in [4.78, 5) is 19.2. The number of methoxy groups -OCH3 is 1. The molecule has 31 heavy (non-hydrogen) atoms. The summed E-state index contributed by atoms with van der Waals surface area (Å²) in [6.07, 6.45) is 5.05. The van der Waals surface area contributed by atoms with Gasteiger partial charge >= 0.3 is 0 Å². The third kappa shape index (κ3) is 7.06. The van der Waals surface area contributed by atoms with Gasteiger partial charge in [0.05, 0.1) is 7.11 Å². The van der Waals surface area contributed by atoms with E-state index in [2.05, 4.69) is 39.6 Å². The lowest BCUT2D eigenvalue weighted by Gasteiger charge is -2.34. The van der Waals surface area contributed by atoms with Crippen molar-refractivity contribution in [3.8, 4) is 5.75 Å². The van der Waals surface area contributed by atoms with E-state index in [0.717, 1.165) is 75.0 Å². The normalized spacial score (nSPS) is 23.2. The molecule has 1 atom stereocenters. The van der Waals surface area contributed by atoms with Gasteiger partial charge in [-0.15, -0.1) is 0 Å². The fourth-order valence-corrected chi connectivity index (χ4v) is 5.32. The number of aliphatic imine (C=N–C) groups is 1. The van der Waals surface area contributed by atoms with Crippen LogP contribution in [-0.4, -0.2) is 68.1 Å². The fraction of sp³-hybridized carbons (Fsp3) is 0.667. The first kappa shape index (κ1) is 23.8. The van der Waals surface area contributed by atoms with Crippen molar-refractivity contribution in [2.45, 2.75) is 51.0 Å². The molecule has 2 N–H and O–H groups in total. The molecule has 3 rings (SSSR count). The minimum absolute atomic E-state index is 0.210. The molecule has 1 aromatic carbocycles. The van der Waals surface area contributed by atoms with Crippen LogP contribution in [0.5, 0.6) is 5.75 Å². The van der Waals surface area contributed by atoms with E-state index >= 15 is 0 Å². The summed E-state index contributed by atoms with van der Waals surface area (Å²) in [7, 11) is 3.52.